The van der Waals surface area contributed by atoms with Crippen molar-refractivity contribution in [3.8, 4) is 11.4 Å². The van der Waals surface area contributed by atoms with Gasteiger partial charge in [0.2, 0.25) is 0 Å². The first-order valence-corrected chi connectivity index (χ1v) is 6.21. The number of nitrogens with one attached hydrogen (secondary N) is 1. The third-order valence-electron chi connectivity index (χ3n) is 2.64. The maximum atomic E-state index is 11.6. The Morgan fingerprint density at radius 2 is 2.22 bits per heavy atom. The highest BCUT2D eigenvalue weighted by Gasteiger charge is 2.07. The predicted octanol–water partition coefficient (Wildman–Crippen LogP) is 1.85. The highest BCUT2D eigenvalue weighted by Crippen LogP contribution is 2.13. The highest BCUT2D eigenvalue weighted by atomic mass is 16.1. The molecule has 0 atom stereocenters. The topological polar surface area (TPSA) is 63.6 Å². The number of aromatic nitrogens is 4. The molecule has 0 amide bonds. The van der Waals surface area contributed by atoms with Crippen LogP contribution in [0.25, 0.3) is 11.4 Å². The van der Waals surface area contributed by atoms with E-state index in [4.69, 9.17) is 0 Å². The molecule has 2 rings (SSSR count). The Bertz CT molecular complexity index is 583. The summed E-state index contributed by atoms with van der Waals surface area (Å²) in [4.78, 5) is 18.9. The maximum absolute atomic E-state index is 11.6. The molecule has 2 aromatic heterocycles. The van der Waals surface area contributed by atoms with Crippen molar-refractivity contribution in [2.45, 2.75) is 33.7 Å². The van der Waals surface area contributed by atoms with E-state index in [0.717, 1.165) is 24.2 Å². The van der Waals surface area contributed by atoms with Gasteiger partial charge in [0, 0.05) is 24.5 Å². The van der Waals surface area contributed by atoms with Crippen molar-refractivity contribution in [3.63, 3.8) is 0 Å². The summed E-state index contributed by atoms with van der Waals surface area (Å²) in [5.74, 6) is 1.07. The van der Waals surface area contributed by atoms with Crippen molar-refractivity contribution < 1.29 is 0 Å². The molecule has 0 spiro atoms. The highest BCUT2D eigenvalue weighted by molar-refractivity contribution is 5.51. The fraction of sp³-hybridized carbons (Fsp3) is 0.462. The lowest BCUT2D eigenvalue weighted by molar-refractivity contribution is 0.633. The predicted molar refractivity (Wildman–Crippen MR) is 70.3 cm³/mol. The van der Waals surface area contributed by atoms with E-state index in [1.54, 1.807) is 12.3 Å². The summed E-state index contributed by atoms with van der Waals surface area (Å²) < 4.78 is 1.81. The molecular weight excluding hydrogens is 228 g/mol. The fourth-order valence-corrected chi connectivity index (χ4v) is 1.83. The van der Waals surface area contributed by atoms with Crippen LogP contribution in [0, 0.1) is 5.92 Å². The lowest BCUT2D eigenvalue weighted by atomic mass is 10.1. The zero-order valence-electron chi connectivity index (χ0n) is 11.0. The molecule has 0 fully saturated rings. The third kappa shape index (κ3) is 2.85. The smallest absolute Gasteiger partial charge is 0.251 e. The monoisotopic (exact) mass is 246 g/mol. The largest absolute Gasteiger partial charge is 0.306 e. The number of aryl methyl sites for hydroxylation is 1. The quantitative estimate of drug-likeness (QED) is 0.895. The summed E-state index contributed by atoms with van der Waals surface area (Å²) in [6, 6.07) is 1.56. The standard InChI is InChI=1S/C13H18N4O/c1-4-17-8-10(7-14-17)13-15-11(5-9(2)3)6-12(18)16-13/h6-9H,4-5H2,1-3H3,(H,15,16,18). The Balaban J connectivity index is 2.38. The number of rotatable bonds is 4. The van der Waals surface area contributed by atoms with Gasteiger partial charge in [0.1, 0.15) is 5.82 Å². The molecule has 5 heteroatoms. The van der Waals surface area contributed by atoms with Crippen LogP contribution >= 0.6 is 0 Å². The van der Waals surface area contributed by atoms with Crippen LogP contribution in [0.3, 0.4) is 0 Å². The Labute approximate surface area is 106 Å². The summed E-state index contributed by atoms with van der Waals surface area (Å²) in [6.07, 6.45) is 4.41. The first-order valence-electron chi connectivity index (χ1n) is 6.21. The van der Waals surface area contributed by atoms with Crippen LogP contribution in [0.1, 0.15) is 26.5 Å². The second-order valence-electron chi connectivity index (χ2n) is 4.77. The zero-order valence-corrected chi connectivity index (χ0v) is 11.0. The molecule has 0 aliphatic rings. The van der Waals surface area contributed by atoms with Crippen molar-refractivity contribution in [2.75, 3.05) is 0 Å². The van der Waals surface area contributed by atoms with Crippen LogP contribution in [-0.4, -0.2) is 19.7 Å². The van der Waals surface area contributed by atoms with Crippen molar-refractivity contribution in [1.29, 1.82) is 0 Å². The van der Waals surface area contributed by atoms with Crippen molar-refractivity contribution >= 4 is 0 Å². The molecule has 0 bridgehead atoms. The van der Waals surface area contributed by atoms with E-state index < -0.39 is 0 Å². The van der Waals surface area contributed by atoms with Gasteiger partial charge in [-0.25, -0.2) is 4.98 Å². The van der Waals surface area contributed by atoms with Gasteiger partial charge in [0.15, 0.2) is 0 Å². The van der Waals surface area contributed by atoms with E-state index in [1.165, 1.54) is 0 Å². The molecule has 0 radical (unpaired) electrons. The average Bonchev–Trinajstić information content (AvgIpc) is 2.75. The first-order chi connectivity index (χ1) is 8.58. The van der Waals surface area contributed by atoms with Gasteiger partial charge in [-0.15, -0.1) is 0 Å². The van der Waals surface area contributed by atoms with Gasteiger partial charge in [-0.2, -0.15) is 5.10 Å². The maximum Gasteiger partial charge on any atom is 0.251 e. The molecule has 0 saturated heterocycles. The van der Waals surface area contributed by atoms with Crippen LogP contribution in [-0.2, 0) is 13.0 Å². The first kappa shape index (κ1) is 12.5. The number of hydrogen-bond acceptors (Lipinski definition) is 3. The van der Waals surface area contributed by atoms with E-state index >= 15 is 0 Å². The Kier molecular flexibility index (Phi) is 3.60. The molecule has 5 nitrogen and oxygen atoms in total. The van der Waals surface area contributed by atoms with Crippen LogP contribution in [0.4, 0.5) is 0 Å². The number of H-pyrrole nitrogens is 1. The second-order valence-corrected chi connectivity index (χ2v) is 4.77. The number of nitrogens with zero attached hydrogens (tertiary/aromatic N) is 3. The van der Waals surface area contributed by atoms with Crippen LogP contribution in [0.5, 0.6) is 0 Å². The molecular formula is C13H18N4O. The van der Waals surface area contributed by atoms with Gasteiger partial charge in [0.25, 0.3) is 5.56 Å². The van der Waals surface area contributed by atoms with Gasteiger partial charge in [-0.3, -0.25) is 9.48 Å². The van der Waals surface area contributed by atoms with Crippen LogP contribution < -0.4 is 5.56 Å². The minimum atomic E-state index is -0.111. The molecule has 0 aliphatic heterocycles. The minimum absolute atomic E-state index is 0.111. The van der Waals surface area contributed by atoms with Crippen LogP contribution in [0.2, 0.25) is 0 Å². The SMILES string of the molecule is CCn1cc(-c2nc(CC(C)C)cc(=O)[nH]2)cn1. The summed E-state index contributed by atoms with van der Waals surface area (Å²) in [5, 5.41) is 4.19. The Morgan fingerprint density at radius 3 is 2.83 bits per heavy atom. The summed E-state index contributed by atoms with van der Waals surface area (Å²) in [5.41, 5.74) is 1.56. The molecule has 1 N–H and O–H groups in total. The lowest BCUT2D eigenvalue weighted by Gasteiger charge is -2.05. The van der Waals surface area contributed by atoms with Crippen molar-refractivity contribution in [2.24, 2.45) is 5.92 Å². The average molecular weight is 246 g/mol. The molecule has 18 heavy (non-hydrogen) atoms. The van der Waals surface area contributed by atoms with E-state index in [2.05, 4.69) is 28.9 Å². The molecule has 2 heterocycles. The lowest BCUT2D eigenvalue weighted by Crippen LogP contribution is -2.11. The van der Waals surface area contributed by atoms with Gasteiger partial charge < -0.3 is 4.98 Å². The van der Waals surface area contributed by atoms with Gasteiger partial charge >= 0.3 is 0 Å². The third-order valence-corrected chi connectivity index (χ3v) is 2.64. The summed E-state index contributed by atoms with van der Waals surface area (Å²) in [6.45, 7) is 7.04. The normalized spacial score (nSPS) is 11.1. The molecule has 0 aromatic carbocycles. The van der Waals surface area contributed by atoms with Crippen LogP contribution in [0.15, 0.2) is 23.3 Å². The fourth-order valence-electron chi connectivity index (χ4n) is 1.83. The van der Waals surface area contributed by atoms with E-state index in [0.29, 0.717) is 11.7 Å². The Hall–Kier alpha value is -1.91. The van der Waals surface area contributed by atoms with Gasteiger partial charge in [-0.05, 0) is 19.3 Å². The van der Waals surface area contributed by atoms with Crippen molar-refractivity contribution in [3.05, 3.63) is 34.5 Å². The molecule has 0 saturated carbocycles. The van der Waals surface area contributed by atoms with Gasteiger partial charge in [-0.1, -0.05) is 13.8 Å². The second kappa shape index (κ2) is 5.16. The Morgan fingerprint density at radius 1 is 1.44 bits per heavy atom. The number of aromatic amines is 1. The summed E-state index contributed by atoms with van der Waals surface area (Å²) >= 11 is 0. The molecule has 0 unspecified atom stereocenters. The summed E-state index contributed by atoms with van der Waals surface area (Å²) in [7, 11) is 0. The number of hydrogen-bond donors (Lipinski definition) is 1. The van der Waals surface area contributed by atoms with Gasteiger partial charge in [0.05, 0.1) is 11.8 Å². The van der Waals surface area contributed by atoms with Crippen molar-refractivity contribution in [1.82, 2.24) is 19.7 Å². The molecule has 2 aromatic rings. The van der Waals surface area contributed by atoms with E-state index in [-0.39, 0.29) is 5.56 Å². The zero-order chi connectivity index (χ0) is 13.1. The molecule has 0 aliphatic carbocycles. The van der Waals surface area contributed by atoms with E-state index in [9.17, 15) is 4.79 Å². The minimum Gasteiger partial charge on any atom is -0.306 e. The molecule has 96 valence electrons. The van der Waals surface area contributed by atoms with E-state index in [1.807, 2.05) is 17.8 Å².